The minimum absolute atomic E-state index is 0.103. The van der Waals surface area contributed by atoms with Gasteiger partial charge in [0.1, 0.15) is 0 Å². The van der Waals surface area contributed by atoms with Crippen molar-refractivity contribution in [2.24, 2.45) is 0 Å². The lowest BCUT2D eigenvalue weighted by atomic mass is 10.2. The Balaban J connectivity index is 2.60. The minimum Gasteiger partial charge on any atom is -0.351 e. The summed E-state index contributed by atoms with van der Waals surface area (Å²) in [5, 5.41) is 2.64. The molecule has 0 radical (unpaired) electrons. The van der Waals surface area contributed by atoms with E-state index in [1.807, 2.05) is 0 Å². The molecule has 0 saturated carbocycles. The first-order chi connectivity index (χ1) is 7.51. The third-order valence-electron chi connectivity index (χ3n) is 2.74. The van der Waals surface area contributed by atoms with Crippen molar-refractivity contribution in [1.29, 1.82) is 0 Å². The zero-order chi connectivity index (χ0) is 12.2. The molecule has 0 aromatic rings. The van der Waals surface area contributed by atoms with Gasteiger partial charge in [0.15, 0.2) is 0 Å². The van der Waals surface area contributed by atoms with Gasteiger partial charge in [0, 0.05) is 19.1 Å². The molecule has 5 nitrogen and oxygen atoms in total. The largest absolute Gasteiger partial charge is 0.351 e. The summed E-state index contributed by atoms with van der Waals surface area (Å²) in [6.07, 6.45) is 2.85. The monoisotopic (exact) mass is 246 g/mol. The maximum atomic E-state index is 11.7. The summed E-state index contributed by atoms with van der Waals surface area (Å²) in [6, 6.07) is -0.103. The molecule has 0 aliphatic carbocycles. The van der Waals surface area contributed by atoms with Crippen molar-refractivity contribution in [2.75, 3.05) is 18.8 Å². The van der Waals surface area contributed by atoms with Gasteiger partial charge in [0.25, 0.3) is 0 Å². The number of sulfonamides is 1. The van der Waals surface area contributed by atoms with E-state index in [9.17, 15) is 13.2 Å². The van der Waals surface area contributed by atoms with E-state index < -0.39 is 10.0 Å². The second-order valence-corrected chi connectivity index (χ2v) is 5.97. The molecule has 1 saturated heterocycles. The molecule has 0 aromatic carbocycles. The van der Waals surface area contributed by atoms with Crippen molar-refractivity contribution in [3.05, 3.63) is 12.7 Å². The Bertz CT molecular complexity index is 364. The Hall–Kier alpha value is -0.880. The Kier molecular flexibility index (Phi) is 4.49. The van der Waals surface area contributed by atoms with Crippen molar-refractivity contribution in [3.8, 4) is 0 Å². The fourth-order valence-corrected chi connectivity index (χ4v) is 3.21. The van der Waals surface area contributed by atoms with Crippen molar-refractivity contribution in [3.63, 3.8) is 0 Å². The molecule has 1 heterocycles. The van der Waals surface area contributed by atoms with Crippen LogP contribution in [0.4, 0.5) is 0 Å². The van der Waals surface area contributed by atoms with Gasteiger partial charge in [-0.3, -0.25) is 4.79 Å². The first-order valence-electron chi connectivity index (χ1n) is 5.41. The lowest BCUT2D eigenvalue weighted by Gasteiger charge is -2.23. The van der Waals surface area contributed by atoms with E-state index in [-0.39, 0.29) is 17.7 Å². The quantitative estimate of drug-likeness (QED) is 0.700. The highest BCUT2D eigenvalue weighted by Crippen LogP contribution is 2.20. The fraction of sp³-hybridized carbons (Fsp3) is 0.700. The van der Waals surface area contributed by atoms with E-state index in [0.717, 1.165) is 12.8 Å². The van der Waals surface area contributed by atoms with Crippen LogP contribution in [-0.2, 0) is 14.8 Å². The third kappa shape index (κ3) is 3.05. The summed E-state index contributed by atoms with van der Waals surface area (Å²) < 4.78 is 24.9. The molecule has 1 N–H and O–H groups in total. The number of amides is 1. The molecule has 0 aromatic heterocycles. The highest BCUT2D eigenvalue weighted by molar-refractivity contribution is 7.89. The lowest BCUT2D eigenvalue weighted by Crippen LogP contribution is -2.43. The Morgan fingerprint density at radius 1 is 1.62 bits per heavy atom. The number of carbonyl (C=O) groups is 1. The molecule has 6 heteroatoms. The predicted molar refractivity (Wildman–Crippen MR) is 62.4 cm³/mol. The SMILES string of the molecule is C=CC(=O)NCC1CCCN1S(=O)(=O)CC. The number of carbonyl (C=O) groups excluding carboxylic acids is 1. The van der Waals surface area contributed by atoms with Crippen molar-refractivity contribution < 1.29 is 13.2 Å². The molecule has 1 atom stereocenters. The summed E-state index contributed by atoms with van der Waals surface area (Å²) in [7, 11) is -3.15. The molecule has 1 aliphatic rings. The van der Waals surface area contributed by atoms with Crippen LogP contribution >= 0.6 is 0 Å². The number of nitrogens with zero attached hydrogens (tertiary/aromatic N) is 1. The summed E-state index contributed by atoms with van der Waals surface area (Å²) in [5.74, 6) is -0.153. The van der Waals surface area contributed by atoms with Gasteiger partial charge in [-0.1, -0.05) is 6.58 Å². The zero-order valence-electron chi connectivity index (χ0n) is 9.48. The third-order valence-corrected chi connectivity index (χ3v) is 4.67. The first kappa shape index (κ1) is 13.2. The summed E-state index contributed by atoms with van der Waals surface area (Å²) in [4.78, 5) is 11.0. The van der Waals surface area contributed by atoms with Crippen LogP contribution < -0.4 is 5.32 Å². The molecule has 1 fully saturated rings. The van der Waals surface area contributed by atoms with Gasteiger partial charge >= 0.3 is 0 Å². The van der Waals surface area contributed by atoms with E-state index in [4.69, 9.17) is 0 Å². The molecule has 0 spiro atoms. The van der Waals surface area contributed by atoms with Crippen LogP contribution in [-0.4, -0.2) is 43.5 Å². The molecule has 1 aliphatic heterocycles. The van der Waals surface area contributed by atoms with Crippen LogP contribution in [0.1, 0.15) is 19.8 Å². The van der Waals surface area contributed by atoms with E-state index >= 15 is 0 Å². The van der Waals surface area contributed by atoms with Crippen LogP contribution in [0.25, 0.3) is 0 Å². The number of hydrogen-bond acceptors (Lipinski definition) is 3. The van der Waals surface area contributed by atoms with Gasteiger partial charge < -0.3 is 5.32 Å². The normalized spacial score (nSPS) is 21.9. The van der Waals surface area contributed by atoms with Crippen LogP contribution in [0.2, 0.25) is 0 Å². The first-order valence-corrected chi connectivity index (χ1v) is 7.02. The maximum absolute atomic E-state index is 11.7. The van der Waals surface area contributed by atoms with Gasteiger partial charge in [-0.25, -0.2) is 8.42 Å². The van der Waals surface area contributed by atoms with Gasteiger partial charge in [-0.05, 0) is 25.8 Å². The lowest BCUT2D eigenvalue weighted by molar-refractivity contribution is -0.116. The molecule has 16 heavy (non-hydrogen) atoms. The average Bonchev–Trinajstić information content (AvgIpc) is 2.74. The molecular weight excluding hydrogens is 228 g/mol. The number of nitrogens with one attached hydrogen (secondary N) is 1. The second-order valence-electron chi connectivity index (χ2n) is 3.76. The molecule has 0 bridgehead atoms. The summed E-state index contributed by atoms with van der Waals surface area (Å²) >= 11 is 0. The minimum atomic E-state index is -3.15. The van der Waals surface area contributed by atoms with Crippen molar-refractivity contribution in [1.82, 2.24) is 9.62 Å². The van der Waals surface area contributed by atoms with Gasteiger partial charge in [0.2, 0.25) is 15.9 Å². The highest BCUT2D eigenvalue weighted by atomic mass is 32.2. The molecule has 1 amide bonds. The Morgan fingerprint density at radius 3 is 2.88 bits per heavy atom. The smallest absolute Gasteiger partial charge is 0.243 e. The maximum Gasteiger partial charge on any atom is 0.243 e. The fourth-order valence-electron chi connectivity index (χ4n) is 1.84. The van der Waals surface area contributed by atoms with Gasteiger partial charge in [-0.15, -0.1) is 0 Å². The highest BCUT2D eigenvalue weighted by Gasteiger charge is 2.32. The van der Waals surface area contributed by atoms with E-state index in [1.54, 1.807) is 6.92 Å². The Labute approximate surface area is 96.6 Å². The summed E-state index contributed by atoms with van der Waals surface area (Å²) in [6.45, 7) is 5.90. The van der Waals surface area contributed by atoms with Crippen LogP contribution in [0, 0.1) is 0 Å². The topological polar surface area (TPSA) is 66.5 Å². The molecule has 92 valence electrons. The van der Waals surface area contributed by atoms with Crippen LogP contribution in [0.3, 0.4) is 0 Å². The van der Waals surface area contributed by atoms with Gasteiger partial charge in [0.05, 0.1) is 5.75 Å². The van der Waals surface area contributed by atoms with Crippen LogP contribution in [0.5, 0.6) is 0 Å². The Morgan fingerprint density at radius 2 is 2.31 bits per heavy atom. The standard InChI is InChI=1S/C10H18N2O3S/c1-3-10(13)11-8-9-6-5-7-12(9)16(14,15)4-2/h3,9H,1,4-8H2,2H3,(H,11,13). The number of rotatable bonds is 5. The summed E-state index contributed by atoms with van der Waals surface area (Å²) in [5.41, 5.74) is 0. The van der Waals surface area contributed by atoms with Crippen molar-refractivity contribution >= 4 is 15.9 Å². The zero-order valence-corrected chi connectivity index (χ0v) is 10.3. The average molecular weight is 246 g/mol. The van der Waals surface area contributed by atoms with Crippen molar-refractivity contribution in [2.45, 2.75) is 25.8 Å². The van der Waals surface area contributed by atoms with E-state index in [1.165, 1.54) is 10.4 Å². The van der Waals surface area contributed by atoms with Crippen LogP contribution in [0.15, 0.2) is 12.7 Å². The molecule has 1 unspecified atom stereocenters. The second kappa shape index (κ2) is 5.45. The predicted octanol–water partition coefficient (Wildman–Crippen LogP) is 0.103. The number of hydrogen-bond donors (Lipinski definition) is 1. The van der Waals surface area contributed by atoms with Gasteiger partial charge in [-0.2, -0.15) is 4.31 Å². The van der Waals surface area contributed by atoms with E-state index in [0.29, 0.717) is 13.1 Å². The van der Waals surface area contributed by atoms with E-state index in [2.05, 4.69) is 11.9 Å². The molecular formula is C10H18N2O3S. The molecule has 1 rings (SSSR count).